The summed E-state index contributed by atoms with van der Waals surface area (Å²) in [6, 6.07) is 3.71. The molecule has 1 aliphatic heterocycles. The lowest BCUT2D eigenvalue weighted by Crippen LogP contribution is -2.22. The van der Waals surface area contributed by atoms with Gasteiger partial charge in [-0.2, -0.15) is 4.39 Å². The molecule has 2 aliphatic rings. The summed E-state index contributed by atoms with van der Waals surface area (Å²) in [6.45, 7) is 2.33. The van der Waals surface area contributed by atoms with Crippen molar-refractivity contribution < 1.29 is 13.9 Å². The van der Waals surface area contributed by atoms with E-state index >= 15 is 0 Å². The van der Waals surface area contributed by atoms with Gasteiger partial charge in [-0.15, -0.1) is 0 Å². The smallest absolute Gasteiger partial charge is 0.207 e. The summed E-state index contributed by atoms with van der Waals surface area (Å²) in [6.07, 6.45) is 4.76. The largest absolute Gasteiger partial charge is 0.491 e. The van der Waals surface area contributed by atoms with Crippen LogP contribution in [0.1, 0.15) is 44.1 Å². The third-order valence-corrected chi connectivity index (χ3v) is 3.76. The molecule has 1 aliphatic carbocycles. The second-order valence-electron chi connectivity index (χ2n) is 4.78. The lowest BCUT2D eigenvalue weighted by Gasteiger charge is -2.23. The maximum absolute atomic E-state index is 14.2. The van der Waals surface area contributed by atoms with Crippen molar-refractivity contribution in [2.24, 2.45) is 0 Å². The lowest BCUT2D eigenvalue weighted by molar-refractivity contribution is 0.158. The third kappa shape index (κ3) is 1.68. The highest BCUT2D eigenvalue weighted by molar-refractivity contribution is 5.48. The standard InChI is InChI=1S/C14H17FO2/c1-2-16-12-8-7-10-9-5-3-4-6-11(9)17-14(10)13(12)15/h7-9,11H,2-6H2,1H3/t9-,11+/m0/s1. The van der Waals surface area contributed by atoms with Gasteiger partial charge >= 0.3 is 0 Å². The van der Waals surface area contributed by atoms with E-state index in [1.807, 2.05) is 13.0 Å². The molecule has 1 aromatic rings. The summed E-state index contributed by atoms with van der Waals surface area (Å²) in [5.74, 6) is 0.820. The van der Waals surface area contributed by atoms with Gasteiger partial charge in [0.05, 0.1) is 6.61 Å². The Kier molecular flexibility index (Phi) is 2.69. The van der Waals surface area contributed by atoms with Gasteiger partial charge in [-0.05, 0) is 32.3 Å². The van der Waals surface area contributed by atoms with Gasteiger partial charge in [0.15, 0.2) is 11.5 Å². The number of benzene rings is 1. The first-order chi connectivity index (χ1) is 8.31. The highest BCUT2D eigenvalue weighted by Gasteiger charge is 2.38. The van der Waals surface area contributed by atoms with Crippen LogP contribution in [0.25, 0.3) is 0 Å². The summed E-state index contributed by atoms with van der Waals surface area (Å²) in [4.78, 5) is 0. The summed E-state index contributed by atoms with van der Waals surface area (Å²) in [5, 5.41) is 0. The Bertz CT molecular complexity index is 430. The van der Waals surface area contributed by atoms with E-state index in [1.165, 1.54) is 12.8 Å². The molecule has 2 nitrogen and oxygen atoms in total. The second kappa shape index (κ2) is 4.21. The zero-order valence-electron chi connectivity index (χ0n) is 10.0. The molecule has 0 bridgehead atoms. The monoisotopic (exact) mass is 236 g/mol. The third-order valence-electron chi connectivity index (χ3n) is 3.76. The molecule has 0 saturated heterocycles. The number of fused-ring (bicyclic) bond motifs is 3. The summed E-state index contributed by atoms with van der Waals surface area (Å²) >= 11 is 0. The Hall–Kier alpha value is -1.25. The fourth-order valence-electron chi connectivity index (χ4n) is 2.98. The van der Waals surface area contributed by atoms with Crippen LogP contribution in [0, 0.1) is 5.82 Å². The van der Waals surface area contributed by atoms with Gasteiger partial charge in [-0.1, -0.05) is 12.5 Å². The molecule has 3 rings (SSSR count). The van der Waals surface area contributed by atoms with Crippen LogP contribution in [0.4, 0.5) is 4.39 Å². The van der Waals surface area contributed by atoms with Crippen LogP contribution >= 0.6 is 0 Å². The van der Waals surface area contributed by atoms with Crippen molar-refractivity contribution in [2.75, 3.05) is 6.61 Å². The Labute approximate surface area is 101 Å². The van der Waals surface area contributed by atoms with Gasteiger partial charge in [0.25, 0.3) is 0 Å². The minimum atomic E-state index is -0.321. The quantitative estimate of drug-likeness (QED) is 0.780. The molecule has 2 atom stereocenters. The van der Waals surface area contributed by atoms with E-state index in [1.54, 1.807) is 6.07 Å². The van der Waals surface area contributed by atoms with Crippen LogP contribution in [0.2, 0.25) is 0 Å². The van der Waals surface area contributed by atoms with Gasteiger partial charge < -0.3 is 9.47 Å². The van der Waals surface area contributed by atoms with Crippen LogP contribution < -0.4 is 9.47 Å². The molecule has 1 saturated carbocycles. The summed E-state index contributed by atoms with van der Waals surface area (Å²) in [7, 11) is 0. The molecule has 0 amide bonds. The Morgan fingerprint density at radius 3 is 3.00 bits per heavy atom. The topological polar surface area (TPSA) is 18.5 Å². The zero-order valence-corrected chi connectivity index (χ0v) is 10.0. The lowest BCUT2D eigenvalue weighted by atomic mass is 9.83. The normalized spacial score (nSPS) is 26.0. The van der Waals surface area contributed by atoms with Crippen molar-refractivity contribution in [1.82, 2.24) is 0 Å². The van der Waals surface area contributed by atoms with Crippen LogP contribution in [0.3, 0.4) is 0 Å². The predicted molar refractivity (Wildman–Crippen MR) is 63.2 cm³/mol. The molecule has 92 valence electrons. The molecule has 0 spiro atoms. The fourth-order valence-corrected chi connectivity index (χ4v) is 2.98. The second-order valence-corrected chi connectivity index (χ2v) is 4.78. The van der Waals surface area contributed by atoms with Crippen molar-refractivity contribution >= 4 is 0 Å². The van der Waals surface area contributed by atoms with Crippen LogP contribution in [-0.4, -0.2) is 12.7 Å². The molecule has 17 heavy (non-hydrogen) atoms. The van der Waals surface area contributed by atoms with Gasteiger partial charge in [0.2, 0.25) is 5.82 Å². The molecule has 0 N–H and O–H groups in total. The van der Waals surface area contributed by atoms with Crippen molar-refractivity contribution in [2.45, 2.75) is 44.6 Å². The average Bonchev–Trinajstić information content (AvgIpc) is 2.73. The van der Waals surface area contributed by atoms with E-state index in [0.29, 0.717) is 24.0 Å². The minimum absolute atomic E-state index is 0.185. The van der Waals surface area contributed by atoms with E-state index in [9.17, 15) is 4.39 Å². The molecule has 0 radical (unpaired) electrons. The number of hydrogen-bond donors (Lipinski definition) is 0. The van der Waals surface area contributed by atoms with Crippen LogP contribution in [0.15, 0.2) is 12.1 Å². The van der Waals surface area contributed by atoms with E-state index < -0.39 is 0 Å². The van der Waals surface area contributed by atoms with E-state index in [-0.39, 0.29) is 11.9 Å². The first kappa shape index (κ1) is 10.9. The van der Waals surface area contributed by atoms with E-state index in [4.69, 9.17) is 9.47 Å². The Morgan fingerprint density at radius 2 is 2.18 bits per heavy atom. The first-order valence-corrected chi connectivity index (χ1v) is 6.43. The van der Waals surface area contributed by atoms with E-state index in [0.717, 1.165) is 18.4 Å². The SMILES string of the molecule is CCOc1ccc2c(c1F)O[C@@H]1CCCC[C@@H]21. The van der Waals surface area contributed by atoms with Crippen LogP contribution in [-0.2, 0) is 0 Å². The highest BCUT2D eigenvalue weighted by Crippen LogP contribution is 2.48. The summed E-state index contributed by atoms with van der Waals surface area (Å²) < 4.78 is 25.2. The minimum Gasteiger partial charge on any atom is -0.491 e. The van der Waals surface area contributed by atoms with Crippen molar-refractivity contribution in [3.05, 3.63) is 23.5 Å². The predicted octanol–water partition coefficient (Wildman–Crippen LogP) is 3.64. The number of rotatable bonds is 2. The number of halogens is 1. The number of ether oxygens (including phenoxy) is 2. The zero-order chi connectivity index (χ0) is 11.8. The average molecular weight is 236 g/mol. The van der Waals surface area contributed by atoms with Gasteiger partial charge in [0.1, 0.15) is 6.10 Å². The van der Waals surface area contributed by atoms with Gasteiger partial charge in [-0.25, -0.2) is 0 Å². The van der Waals surface area contributed by atoms with Gasteiger partial charge in [-0.3, -0.25) is 0 Å². The van der Waals surface area contributed by atoms with Crippen molar-refractivity contribution in [3.63, 3.8) is 0 Å². The molecule has 1 heterocycles. The van der Waals surface area contributed by atoms with E-state index in [2.05, 4.69) is 0 Å². The number of hydrogen-bond acceptors (Lipinski definition) is 2. The fraction of sp³-hybridized carbons (Fsp3) is 0.571. The van der Waals surface area contributed by atoms with Gasteiger partial charge in [0, 0.05) is 11.5 Å². The van der Waals surface area contributed by atoms with Crippen LogP contribution in [0.5, 0.6) is 11.5 Å². The van der Waals surface area contributed by atoms with Crippen molar-refractivity contribution in [1.29, 1.82) is 0 Å². The molecular weight excluding hydrogens is 219 g/mol. The Balaban J connectivity index is 1.98. The first-order valence-electron chi connectivity index (χ1n) is 6.43. The molecule has 0 unspecified atom stereocenters. The Morgan fingerprint density at radius 1 is 1.35 bits per heavy atom. The molecule has 3 heteroatoms. The van der Waals surface area contributed by atoms with Crippen molar-refractivity contribution in [3.8, 4) is 11.5 Å². The highest BCUT2D eigenvalue weighted by atomic mass is 19.1. The molecule has 1 aromatic carbocycles. The summed E-state index contributed by atoms with van der Waals surface area (Å²) in [5.41, 5.74) is 1.04. The molecular formula is C14H17FO2. The maximum atomic E-state index is 14.2. The molecule has 0 aromatic heterocycles. The molecule has 1 fully saturated rings. The maximum Gasteiger partial charge on any atom is 0.207 e.